The van der Waals surface area contributed by atoms with Crippen molar-refractivity contribution in [2.75, 3.05) is 26.6 Å². The van der Waals surface area contributed by atoms with E-state index in [9.17, 15) is 4.79 Å². The zero-order valence-corrected chi connectivity index (χ0v) is 10.3. The molecule has 17 heavy (non-hydrogen) atoms. The van der Waals surface area contributed by atoms with Crippen LogP contribution in [0.15, 0.2) is 18.2 Å². The molecule has 0 aliphatic carbocycles. The van der Waals surface area contributed by atoms with Gasteiger partial charge in [-0.05, 0) is 19.1 Å². The fourth-order valence-electron chi connectivity index (χ4n) is 1.47. The van der Waals surface area contributed by atoms with Gasteiger partial charge in [0.25, 0.3) is 5.91 Å². The summed E-state index contributed by atoms with van der Waals surface area (Å²) in [6, 6.07) is 4.90. The smallest absolute Gasteiger partial charge is 0.253 e. The van der Waals surface area contributed by atoms with Gasteiger partial charge in [-0.3, -0.25) is 4.79 Å². The average Bonchev–Trinajstić information content (AvgIpc) is 2.28. The van der Waals surface area contributed by atoms with E-state index in [4.69, 9.17) is 15.2 Å². The molecule has 1 aromatic rings. The van der Waals surface area contributed by atoms with Crippen LogP contribution in [-0.2, 0) is 4.74 Å². The third-order valence-electron chi connectivity index (χ3n) is 2.30. The number of methoxy groups -OCH3 is 2. The Labute approximate surface area is 101 Å². The van der Waals surface area contributed by atoms with Gasteiger partial charge in [-0.1, -0.05) is 0 Å². The van der Waals surface area contributed by atoms with E-state index in [1.807, 2.05) is 6.92 Å². The number of carbonyl (C=O) groups is 1. The number of nitrogens with one attached hydrogen (secondary N) is 1. The van der Waals surface area contributed by atoms with Crippen molar-refractivity contribution in [3.8, 4) is 5.75 Å². The lowest BCUT2D eigenvalue weighted by atomic mass is 10.1. The monoisotopic (exact) mass is 238 g/mol. The number of amides is 1. The second-order valence-electron chi connectivity index (χ2n) is 3.78. The lowest BCUT2D eigenvalue weighted by Crippen LogP contribution is -2.35. The molecule has 0 aromatic heterocycles. The molecule has 1 amide bonds. The Hall–Kier alpha value is -1.75. The largest absolute Gasteiger partial charge is 0.497 e. The van der Waals surface area contributed by atoms with Gasteiger partial charge in [0.2, 0.25) is 0 Å². The van der Waals surface area contributed by atoms with Crippen LogP contribution >= 0.6 is 0 Å². The van der Waals surface area contributed by atoms with Gasteiger partial charge in [0.05, 0.1) is 19.3 Å². The quantitative estimate of drug-likeness (QED) is 0.752. The molecule has 3 N–H and O–H groups in total. The standard InChI is InChI=1S/C12H18N2O3/c1-8(7-16-2)14-12(15)10-5-4-9(17-3)6-11(10)13/h4-6,8H,7,13H2,1-3H3,(H,14,15). The summed E-state index contributed by atoms with van der Waals surface area (Å²) in [6.45, 7) is 2.32. The summed E-state index contributed by atoms with van der Waals surface area (Å²) in [5, 5.41) is 2.79. The Morgan fingerprint density at radius 3 is 2.71 bits per heavy atom. The zero-order valence-electron chi connectivity index (χ0n) is 10.3. The molecule has 0 heterocycles. The van der Waals surface area contributed by atoms with Crippen molar-refractivity contribution in [3.05, 3.63) is 23.8 Å². The number of nitrogens with two attached hydrogens (primary N) is 1. The molecule has 0 bridgehead atoms. The van der Waals surface area contributed by atoms with E-state index in [-0.39, 0.29) is 11.9 Å². The molecule has 0 spiro atoms. The maximum absolute atomic E-state index is 11.9. The van der Waals surface area contributed by atoms with E-state index in [0.29, 0.717) is 23.6 Å². The first-order valence-electron chi connectivity index (χ1n) is 5.31. The average molecular weight is 238 g/mol. The molecular formula is C12H18N2O3. The SMILES string of the molecule is COCC(C)NC(=O)c1ccc(OC)cc1N. The highest BCUT2D eigenvalue weighted by atomic mass is 16.5. The molecule has 0 aliphatic heterocycles. The Morgan fingerprint density at radius 2 is 2.18 bits per heavy atom. The molecule has 1 unspecified atom stereocenters. The summed E-state index contributed by atoms with van der Waals surface area (Å²) >= 11 is 0. The first-order valence-corrected chi connectivity index (χ1v) is 5.31. The van der Waals surface area contributed by atoms with Crippen molar-refractivity contribution in [3.63, 3.8) is 0 Å². The summed E-state index contributed by atoms with van der Waals surface area (Å²) in [6.07, 6.45) is 0. The van der Waals surface area contributed by atoms with Crippen LogP contribution in [0.5, 0.6) is 5.75 Å². The van der Waals surface area contributed by atoms with Gasteiger partial charge in [-0.2, -0.15) is 0 Å². The van der Waals surface area contributed by atoms with Gasteiger partial charge in [0.1, 0.15) is 5.75 Å². The maximum Gasteiger partial charge on any atom is 0.253 e. The lowest BCUT2D eigenvalue weighted by molar-refractivity contribution is 0.0906. The van der Waals surface area contributed by atoms with E-state index < -0.39 is 0 Å². The highest BCUT2D eigenvalue weighted by molar-refractivity contribution is 5.99. The van der Waals surface area contributed by atoms with Crippen LogP contribution < -0.4 is 15.8 Å². The lowest BCUT2D eigenvalue weighted by Gasteiger charge is -2.14. The number of benzene rings is 1. The minimum Gasteiger partial charge on any atom is -0.497 e. The molecule has 0 aliphatic rings. The number of ether oxygens (including phenoxy) is 2. The van der Waals surface area contributed by atoms with Crippen molar-refractivity contribution in [2.45, 2.75) is 13.0 Å². The summed E-state index contributed by atoms with van der Waals surface area (Å²) in [4.78, 5) is 11.9. The van der Waals surface area contributed by atoms with Crippen molar-refractivity contribution in [1.82, 2.24) is 5.32 Å². The van der Waals surface area contributed by atoms with Gasteiger partial charge < -0.3 is 20.5 Å². The van der Waals surface area contributed by atoms with Crippen molar-refractivity contribution in [2.24, 2.45) is 0 Å². The highest BCUT2D eigenvalue weighted by Crippen LogP contribution is 2.19. The fourth-order valence-corrected chi connectivity index (χ4v) is 1.47. The maximum atomic E-state index is 11.9. The predicted molar refractivity (Wildman–Crippen MR) is 66.2 cm³/mol. The number of carbonyl (C=O) groups excluding carboxylic acids is 1. The topological polar surface area (TPSA) is 73.6 Å². The number of hydrogen-bond acceptors (Lipinski definition) is 4. The summed E-state index contributed by atoms with van der Waals surface area (Å²) in [5.41, 5.74) is 6.61. The zero-order chi connectivity index (χ0) is 12.8. The number of hydrogen-bond donors (Lipinski definition) is 2. The first-order chi connectivity index (χ1) is 8.08. The Bertz CT molecular complexity index is 393. The molecule has 0 fully saturated rings. The molecule has 0 saturated heterocycles. The van der Waals surface area contributed by atoms with Crippen LogP contribution in [0.2, 0.25) is 0 Å². The van der Waals surface area contributed by atoms with Crippen LogP contribution in [0, 0.1) is 0 Å². The third kappa shape index (κ3) is 3.64. The number of rotatable bonds is 5. The second-order valence-corrected chi connectivity index (χ2v) is 3.78. The minimum absolute atomic E-state index is 0.0611. The summed E-state index contributed by atoms with van der Waals surface area (Å²) in [7, 11) is 3.14. The molecule has 0 radical (unpaired) electrons. The van der Waals surface area contributed by atoms with Crippen molar-refractivity contribution in [1.29, 1.82) is 0 Å². The van der Waals surface area contributed by atoms with E-state index >= 15 is 0 Å². The Balaban J connectivity index is 2.75. The molecule has 1 rings (SSSR count). The van der Waals surface area contributed by atoms with E-state index in [1.165, 1.54) is 0 Å². The van der Waals surface area contributed by atoms with Crippen LogP contribution in [0.4, 0.5) is 5.69 Å². The fraction of sp³-hybridized carbons (Fsp3) is 0.417. The summed E-state index contributed by atoms with van der Waals surface area (Å²) < 4.78 is 9.96. The van der Waals surface area contributed by atoms with Gasteiger partial charge >= 0.3 is 0 Å². The minimum atomic E-state index is -0.213. The molecule has 5 nitrogen and oxygen atoms in total. The number of anilines is 1. The van der Waals surface area contributed by atoms with Crippen LogP contribution in [0.1, 0.15) is 17.3 Å². The van der Waals surface area contributed by atoms with Gasteiger partial charge in [0.15, 0.2) is 0 Å². The third-order valence-corrected chi connectivity index (χ3v) is 2.30. The molecule has 0 saturated carbocycles. The van der Waals surface area contributed by atoms with E-state index in [1.54, 1.807) is 32.4 Å². The van der Waals surface area contributed by atoms with Gasteiger partial charge in [-0.15, -0.1) is 0 Å². The van der Waals surface area contributed by atoms with Gasteiger partial charge in [0, 0.05) is 24.9 Å². The first kappa shape index (κ1) is 13.3. The normalized spacial score (nSPS) is 11.9. The van der Waals surface area contributed by atoms with Crippen molar-refractivity contribution < 1.29 is 14.3 Å². The predicted octanol–water partition coefficient (Wildman–Crippen LogP) is 1.04. The van der Waals surface area contributed by atoms with Crippen LogP contribution in [-0.4, -0.2) is 32.8 Å². The van der Waals surface area contributed by atoms with Crippen molar-refractivity contribution >= 4 is 11.6 Å². The molecule has 1 atom stereocenters. The van der Waals surface area contributed by atoms with Crippen LogP contribution in [0.25, 0.3) is 0 Å². The summed E-state index contributed by atoms with van der Waals surface area (Å²) in [5.74, 6) is 0.415. The second kappa shape index (κ2) is 6.10. The Kier molecular flexibility index (Phi) is 4.78. The molecular weight excluding hydrogens is 220 g/mol. The van der Waals surface area contributed by atoms with E-state index in [0.717, 1.165) is 0 Å². The molecule has 5 heteroatoms. The Morgan fingerprint density at radius 1 is 1.47 bits per heavy atom. The van der Waals surface area contributed by atoms with Gasteiger partial charge in [-0.25, -0.2) is 0 Å². The highest BCUT2D eigenvalue weighted by Gasteiger charge is 2.12. The number of nitrogen functional groups attached to an aromatic ring is 1. The molecule has 94 valence electrons. The molecule has 1 aromatic carbocycles. The van der Waals surface area contributed by atoms with Crippen LogP contribution in [0.3, 0.4) is 0 Å². The van der Waals surface area contributed by atoms with E-state index in [2.05, 4.69) is 5.32 Å².